The van der Waals surface area contributed by atoms with E-state index < -0.39 is 11.9 Å². The largest absolute Gasteiger partial charge is 0.433 e. The van der Waals surface area contributed by atoms with Crippen LogP contribution >= 0.6 is 0 Å². The summed E-state index contributed by atoms with van der Waals surface area (Å²) < 4.78 is 46.2. The van der Waals surface area contributed by atoms with Gasteiger partial charge < -0.3 is 9.64 Å². The van der Waals surface area contributed by atoms with Gasteiger partial charge in [-0.05, 0) is 24.8 Å². The predicted octanol–water partition coefficient (Wildman–Crippen LogP) is 3.18. The van der Waals surface area contributed by atoms with Gasteiger partial charge in [-0.15, -0.1) is 0 Å². The monoisotopic (exact) mass is 370 g/mol. The van der Waals surface area contributed by atoms with Crippen LogP contribution in [0.1, 0.15) is 55.7 Å². The average molecular weight is 370 g/mol. The van der Waals surface area contributed by atoms with Gasteiger partial charge in [0.25, 0.3) is 0 Å². The first-order valence-corrected chi connectivity index (χ1v) is 8.48. The Morgan fingerprint density at radius 3 is 2.73 bits per heavy atom. The highest BCUT2D eigenvalue weighted by Gasteiger charge is 2.37. The molecule has 26 heavy (non-hydrogen) atoms. The lowest BCUT2D eigenvalue weighted by molar-refractivity contribution is -0.143. The van der Waals surface area contributed by atoms with E-state index in [0.29, 0.717) is 24.4 Å². The van der Waals surface area contributed by atoms with Crippen molar-refractivity contribution in [2.24, 2.45) is 0 Å². The zero-order valence-electron chi connectivity index (χ0n) is 14.9. The van der Waals surface area contributed by atoms with Gasteiger partial charge in [0.15, 0.2) is 5.65 Å². The molecule has 0 bridgehead atoms. The lowest BCUT2D eigenvalue weighted by atomic mass is 10.1. The van der Waals surface area contributed by atoms with E-state index in [1.807, 2.05) is 0 Å². The molecule has 1 unspecified atom stereocenters. The molecule has 1 amide bonds. The number of halogens is 3. The van der Waals surface area contributed by atoms with Gasteiger partial charge in [-0.1, -0.05) is 13.8 Å². The Balaban J connectivity index is 2.07. The van der Waals surface area contributed by atoms with Crippen molar-refractivity contribution in [1.29, 1.82) is 0 Å². The highest BCUT2D eigenvalue weighted by Crippen LogP contribution is 2.35. The second kappa shape index (κ2) is 6.86. The van der Waals surface area contributed by atoms with Gasteiger partial charge in [0.05, 0.1) is 11.7 Å². The summed E-state index contributed by atoms with van der Waals surface area (Å²) in [7, 11) is 1.43. The summed E-state index contributed by atoms with van der Waals surface area (Å²) in [6.45, 7) is 4.06. The summed E-state index contributed by atoms with van der Waals surface area (Å²) in [5.41, 5.74) is 0.0654. The summed E-state index contributed by atoms with van der Waals surface area (Å²) in [6, 6.07) is 2.23. The Labute approximate surface area is 148 Å². The lowest BCUT2D eigenvalue weighted by Crippen LogP contribution is -2.33. The number of carbonyl (C=O) groups is 1. The molecular formula is C17H21F3N4O2. The number of ether oxygens (including phenoxy) is 1. The number of nitrogens with zero attached hydrogens (tertiary/aromatic N) is 4. The average Bonchev–Trinajstić information content (AvgIpc) is 3.19. The number of carbonyl (C=O) groups excluding carboxylic acids is 1. The minimum absolute atomic E-state index is 0.0621. The van der Waals surface area contributed by atoms with Crippen molar-refractivity contribution in [2.45, 2.75) is 44.8 Å². The van der Waals surface area contributed by atoms with Crippen LogP contribution in [0.25, 0.3) is 5.65 Å². The molecule has 1 fully saturated rings. The molecule has 0 N–H and O–H groups in total. The second-order valence-electron chi connectivity index (χ2n) is 6.74. The third-order valence-electron chi connectivity index (χ3n) is 4.53. The van der Waals surface area contributed by atoms with Crippen molar-refractivity contribution in [1.82, 2.24) is 19.5 Å². The molecule has 3 heterocycles. The molecule has 2 aromatic rings. The van der Waals surface area contributed by atoms with Crippen molar-refractivity contribution in [3.05, 3.63) is 29.2 Å². The molecule has 0 saturated carbocycles. The summed E-state index contributed by atoms with van der Waals surface area (Å²) in [5.74, 6) is -0.343. The summed E-state index contributed by atoms with van der Waals surface area (Å²) in [5, 5.41) is 4.15. The molecule has 1 aliphatic heterocycles. The van der Waals surface area contributed by atoms with Crippen LogP contribution in [0.4, 0.5) is 13.2 Å². The molecule has 142 valence electrons. The predicted molar refractivity (Wildman–Crippen MR) is 87.6 cm³/mol. The van der Waals surface area contributed by atoms with Gasteiger partial charge in [0.1, 0.15) is 12.3 Å². The SMILES string of the molecule is COCC(=O)N1CCCC1c1cc2nc(C(C)C)cc(C(F)(F)F)n2n1. The van der Waals surface area contributed by atoms with E-state index in [0.717, 1.165) is 17.0 Å². The highest BCUT2D eigenvalue weighted by atomic mass is 19.4. The molecule has 9 heteroatoms. The number of aromatic nitrogens is 3. The number of methoxy groups -OCH3 is 1. The Morgan fingerprint density at radius 2 is 2.12 bits per heavy atom. The smallest absolute Gasteiger partial charge is 0.375 e. The summed E-state index contributed by atoms with van der Waals surface area (Å²) in [6.07, 6.45) is -3.13. The highest BCUT2D eigenvalue weighted by molar-refractivity contribution is 5.78. The third kappa shape index (κ3) is 3.40. The van der Waals surface area contributed by atoms with Crippen LogP contribution in [-0.4, -0.2) is 45.7 Å². The topological polar surface area (TPSA) is 59.7 Å². The first-order chi connectivity index (χ1) is 12.2. The molecule has 3 rings (SSSR count). The molecule has 0 spiro atoms. The Hall–Kier alpha value is -2.16. The van der Waals surface area contributed by atoms with Crippen molar-refractivity contribution >= 4 is 11.6 Å². The molecule has 1 saturated heterocycles. The number of hydrogen-bond donors (Lipinski definition) is 0. The second-order valence-corrected chi connectivity index (χ2v) is 6.74. The minimum Gasteiger partial charge on any atom is -0.375 e. The normalized spacial score (nSPS) is 18.3. The lowest BCUT2D eigenvalue weighted by Gasteiger charge is -2.22. The van der Waals surface area contributed by atoms with Gasteiger partial charge in [-0.2, -0.15) is 18.3 Å². The van der Waals surface area contributed by atoms with E-state index >= 15 is 0 Å². The van der Waals surface area contributed by atoms with Crippen molar-refractivity contribution in [3.63, 3.8) is 0 Å². The van der Waals surface area contributed by atoms with Crippen LogP contribution in [-0.2, 0) is 15.7 Å². The van der Waals surface area contributed by atoms with Crippen LogP contribution < -0.4 is 0 Å². The van der Waals surface area contributed by atoms with Gasteiger partial charge in [-0.3, -0.25) is 4.79 Å². The number of rotatable bonds is 4. The van der Waals surface area contributed by atoms with Gasteiger partial charge >= 0.3 is 6.18 Å². The van der Waals surface area contributed by atoms with E-state index in [2.05, 4.69) is 10.1 Å². The van der Waals surface area contributed by atoms with Gasteiger partial charge in [0, 0.05) is 25.4 Å². The fraction of sp³-hybridized carbons (Fsp3) is 0.588. The van der Waals surface area contributed by atoms with E-state index in [9.17, 15) is 18.0 Å². The van der Waals surface area contributed by atoms with Crippen molar-refractivity contribution < 1.29 is 22.7 Å². The molecular weight excluding hydrogens is 349 g/mol. The van der Waals surface area contributed by atoms with Crippen LogP contribution in [0, 0.1) is 0 Å². The van der Waals surface area contributed by atoms with Crippen LogP contribution in [0.5, 0.6) is 0 Å². The maximum absolute atomic E-state index is 13.5. The van der Waals surface area contributed by atoms with Gasteiger partial charge in [-0.25, -0.2) is 9.50 Å². The number of hydrogen-bond acceptors (Lipinski definition) is 4. The molecule has 2 aromatic heterocycles. The molecule has 6 nitrogen and oxygen atoms in total. The van der Waals surface area contributed by atoms with E-state index in [4.69, 9.17) is 4.74 Å². The maximum Gasteiger partial charge on any atom is 0.433 e. The fourth-order valence-electron chi connectivity index (χ4n) is 3.25. The molecule has 1 aliphatic rings. The zero-order chi connectivity index (χ0) is 19.1. The third-order valence-corrected chi connectivity index (χ3v) is 4.53. The van der Waals surface area contributed by atoms with Crippen LogP contribution in [0.15, 0.2) is 12.1 Å². The minimum atomic E-state index is -4.55. The first kappa shape index (κ1) is 18.6. The number of amides is 1. The summed E-state index contributed by atoms with van der Waals surface area (Å²) >= 11 is 0. The van der Waals surface area contributed by atoms with E-state index in [-0.39, 0.29) is 30.1 Å². The molecule has 0 aliphatic carbocycles. The van der Waals surface area contributed by atoms with E-state index in [1.165, 1.54) is 7.11 Å². The van der Waals surface area contributed by atoms with Crippen LogP contribution in [0.3, 0.4) is 0 Å². The molecule has 0 radical (unpaired) electrons. The Morgan fingerprint density at radius 1 is 1.38 bits per heavy atom. The number of alkyl halides is 3. The molecule has 1 atom stereocenters. The van der Waals surface area contributed by atoms with Crippen LogP contribution in [0.2, 0.25) is 0 Å². The Bertz CT molecular complexity index is 816. The summed E-state index contributed by atoms with van der Waals surface area (Å²) in [4.78, 5) is 18.1. The Kier molecular flexibility index (Phi) is 4.92. The standard InChI is InChI=1S/C17H21F3N4O2/c1-10(2)11-7-14(17(18,19)20)24-15(21-11)8-12(22-24)13-5-4-6-23(13)16(25)9-26-3/h7-8,10,13H,4-6,9H2,1-3H3. The first-order valence-electron chi connectivity index (χ1n) is 8.48. The van der Waals surface area contributed by atoms with E-state index in [1.54, 1.807) is 24.8 Å². The van der Waals surface area contributed by atoms with Gasteiger partial charge in [0.2, 0.25) is 5.91 Å². The maximum atomic E-state index is 13.5. The molecule has 0 aromatic carbocycles. The van der Waals surface area contributed by atoms with Crippen molar-refractivity contribution in [3.8, 4) is 0 Å². The fourth-order valence-corrected chi connectivity index (χ4v) is 3.25. The van der Waals surface area contributed by atoms with Crippen molar-refractivity contribution in [2.75, 3.05) is 20.3 Å². The number of likely N-dealkylation sites (tertiary alicyclic amines) is 1. The quantitative estimate of drug-likeness (QED) is 0.829. The number of fused-ring (bicyclic) bond motifs is 1. The zero-order valence-corrected chi connectivity index (χ0v) is 14.9.